The minimum absolute atomic E-state index is 0. The number of hydrogen-bond donors (Lipinski definition) is 0. The Kier molecular flexibility index (Phi) is 17.6. The van der Waals surface area contributed by atoms with Crippen molar-refractivity contribution >= 4 is 10.1 Å². The Morgan fingerprint density at radius 1 is 0.926 bits per heavy atom. The van der Waals surface area contributed by atoms with E-state index >= 15 is 0 Å². The fourth-order valence-corrected chi connectivity index (χ4v) is 2.06. The summed E-state index contributed by atoms with van der Waals surface area (Å²) < 4.78 is 64.1. The van der Waals surface area contributed by atoms with Crippen molar-refractivity contribution in [2.24, 2.45) is 0 Å². The molecule has 2 aliphatic carbocycles. The zero-order valence-corrected chi connectivity index (χ0v) is 17.6. The van der Waals surface area contributed by atoms with E-state index in [4.69, 9.17) is 17.7 Å². The Bertz CT molecular complexity index is 517. The Hall–Kier alpha value is -0.458. The molecule has 0 aromatic heterocycles. The fraction of sp³-hybridized carbons (Fsp3) is 0.611. The summed E-state index contributed by atoms with van der Waals surface area (Å²) in [6.45, 7) is 0. The van der Waals surface area contributed by atoms with E-state index in [0.717, 1.165) is 19.3 Å². The van der Waals surface area contributed by atoms with Gasteiger partial charge in [-0.1, -0.05) is 55.4 Å². The smallest absolute Gasteiger partial charge is 0.741 e. The molecule has 1 atom stereocenters. The van der Waals surface area contributed by atoms with E-state index in [2.05, 4.69) is 42.9 Å². The Morgan fingerprint density at radius 2 is 1.30 bits per heavy atom. The van der Waals surface area contributed by atoms with Gasteiger partial charge < -0.3 is 9.29 Å². The molecule has 0 saturated carbocycles. The van der Waals surface area contributed by atoms with Crippen molar-refractivity contribution in [2.45, 2.75) is 63.0 Å². The summed E-state index contributed by atoms with van der Waals surface area (Å²) in [4.78, 5) is 0. The van der Waals surface area contributed by atoms with Crippen LogP contribution >= 0.6 is 0 Å². The maximum atomic E-state index is 10.7. The molecular weight excluding hydrogens is 476 g/mol. The molecule has 0 aliphatic heterocycles. The quantitative estimate of drug-likeness (QED) is 0.165. The number of rotatable bonds is 1. The zero-order chi connectivity index (χ0) is 19.9. The van der Waals surface area contributed by atoms with Crippen molar-refractivity contribution in [2.75, 3.05) is 7.11 Å². The van der Waals surface area contributed by atoms with Gasteiger partial charge in [-0.15, -0.1) is 0 Å². The molecule has 27 heavy (non-hydrogen) atoms. The van der Waals surface area contributed by atoms with Crippen LogP contribution < -0.4 is 0 Å². The fourth-order valence-electron chi connectivity index (χ4n) is 2.06. The summed E-state index contributed by atoms with van der Waals surface area (Å²) in [5.74, 6) is 0. The van der Waals surface area contributed by atoms with Crippen molar-refractivity contribution in [1.82, 2.24) is 0 Å². The maximum absolute atomic E-state index is 10.7. The van der Waals surface area contributed by atoms with Gasteiger partial charge in [0, 0.05) is 7.11 Å². The monoisotopic (exact) mass is 502 g/mol. The number of halogens is 3. The summed E-state index contributed by atoms with van der Waals surface area (Å²) in [6, 6.07) is 0. The van der Waals surface area contributed by atoms with E-state index in [-0.39, 0.29) is 20.4 Å². The third kappa shape index (κ3) is 17.4. The molecule has 2 rings (SSSR count). The summed E-state index contributed by atoms with van der Waals surface area (Å²) in [5.41, 5.74) is -5.65. The van der Waals surface area contributed by atoms with Gasteiger partial charge in [0.1, 0.15) is 0 Å². The molecule has 0 fully saturated rings. The summed E-state index contributed by atoms with van der Waals surface area (Å²) >= 11 is 0. The maximum Gasteiger partial charge on any atom is 2.00 e. The molecule has 2 aliphatic rings. The first-order valence-corrected chi connectivity index (χ1v) is 9.92. The van der Waals surface area contributed by atoms with Crippen LogP contribution in [0.4, 0.5) is 13.2 Å². The minimum Gasteiger partial charge on any atom is -0.741 e. The molecule has 0 heterocycles. The van der Waals surface area contributed by atoms with Gasteiger partial charge in [-0.2, -0.15) is 19.6 Å². The summed E-state index contributed by atoms with van der Waals surface area (Å²) in [7, 11) is -4.31. The van der Waals surface area contributed by atoms with Gasteiger partial charge >= 0.3 is 25.9 Å². The van der Waals surface area contributed by atoms with E-state index in [0.29, 0.717) is 6.10 Å². The second kappa shape index (κ2) is 16.5. The molecule has 0 N–H and O–H groups in total. The predicted molar refractivity (Wildman–Crippen MR) is 95.2 cm³/mol. The average molecular weight is 503 g/mol. The van der Waals surface area contributed by atoms with E-state index in [9.17, 15) is 13.2 Å². The van der Waals surface area contributed by atoms with Crippen LogP contribution in [0.1, 0.15) is 51.4 Å². The van der Waals surface area contributed by atoms with Crippen molar-refractivity contribution in [3.8, 4) is 0 Å². The van der Waals surface area contributed by atoms with Gasteiger partial charge in [-0.05, 0) is 32.1 Å². The zero-order valence-electron chi connectivity index (χ0n) is 15.3. The van der Waals surface area contributed by atoms with Gasteiger partial charge in [0.15, 0.2) is 10.1 Å². The summed E-state index contributed by atoms with van der Waals surface area (Å²) in [5, 5.41) is 0. The number of ether oxygens (including phenoxy) is 1. The Labute approximate surface area is 174 Å². The van der Waals surface area contributed by atoms with Crippen LogP contribution in [-0.2, 0) is 35.3 Å². The molecule has 4 nitrogen and oxygen atoms in total. The average Bonchev–Trinajstić information content (AvgIpc) is 2.45. The largest absolute Gasteiger partial charge is 2.00 e. The molecule has 1 unspecified atom stereocenters. The number of allylic oxidation sites excluding steroid dienone is 6. The number of alkyl halides is 3. The number of methoxy groups -OCH3 is 1. The number of hydrogen-bond acceptors (Lipinski definition) is 4. The summed E-state index contributed by atoms with van der Waals surface area (Å²) in [6.07, 6.45) is 25.8. The standard InChI is InChI=1S/C9H15O.C8H12.CHF3O3S.Pd/c1-10-9-7-5-3-2-4-6-8-9;1-2-4-6-8-7-5-3-1;2-1(3,4)8(5,6)7;/h2-3,8-9H,4-7H2,1H3;1-2,7-8H,3-6H2;(H,5,6,7);/q-1;;;+2/p-1/b3-2-;2-1-,8-7?;;. The van der Waals surface area contributed by atoms with Crippen molar-refractivity contribution in [1.29, 1.82) is 0 Å². The predicted octanol–water partition coefficient (Wildman–Crippen LogP) is 5.06. The molecule has 0 saturated heterocycles. The molecular formula is C18H27F3O4PdS. The van der Waals surface area contributed by atoms with Crippen LogP contribution in [0, 0.1) is 6.42 Å². The Morgan fingerprint density at radius 3 is 1.67 bits per heavy atom. The molecule has 9 heteroatoms. The minimum atomic E-state index is -6.09. The van der Waals surface area contributed by atoms with Crippen LogP contribution in [0.5, 0.6) is 0 Å². The van der Waals surface area contributed by atoms with E-state index < -0.39 is 15.6 Å². The Balaban J connectivity index is 0. The van der Waals surface area contributed by atoms with Gasteiger partial charge in [0.25, 0.3) is 0 Å². The van der Waals surface area contributed by atoms with Crippen molar-refractivity contribution in [3.63, 3.8) is 0 Å². The van der Waals surface area contributed by atoms with Crippen molar-refractivity contribution < 1.29 is 51.3 Å². The molecule has 0 amide bonds. The first-order chi connectivity index (χ1) is 12.2. The van der Waals surface area contributed by atoms with Crippen LogP contribution in [0.15, 0.2) is 36.5 Å². The molecule has 0 radical (unpaired) electrons. The molecule has 0 aromatic rings. The van der Waals surface area contributed by atoms with Crippen LogP contribution in [0.2, 0.25) is 0 Å². The third-order valence-corrected chi connectivity index (χ3v) is 4.03. The second-order valence-corrected chi connectivity index (χ2v) is 7.00. The van der Waals surface area contributed by atoms with Gasteiger partial charge in [-0.3, -0.25) is 6.42 Å². The normalized spacial score (nSPS) is 22.6. The van der Waals surface area contributed by atoms with Crippen molar-refractivity contribution in [3.05, 3.63) is 42.9 Å². The third-order valence-electron chi connectivity index (χ3n) is 3.47. The molecule has 160 valence electrons. The van der Waals surface area contributed by atoms with Gasteiger partial charge in [-0.25, -0.2) is 8.42 Å². The van der Waals surface area contributed by atoms with Gasteiger partial charge in [0.2, 0.25) is 0 Å². The second-order valence-electron chi connectivity index (χ2n) is 5.63. The topological polar surface area (TPSA) is 66.4 Å². The van der Waals surface area contributed by atoms with E-state index in [1.165, 1.54) is 32.1 Å². The van der Waals surface area contributed by atoms with Crippen LogP contribution in [-0.4, -0.2) is 31.7 Å². The van der Waals surface area contributed by atoms with E-state index in [1.807, 2.05) is 0 Å². The SMILES string of the molecule is C1=CCC/C=C\CC1.COC1[CH-]CC/C=C\CC1.O=S(=O)([O-])C(F)(F)F.[Pd+2]. The molecule has 0 bridgehead atoms. The van der Waals surface area contributed by atoms with Crippen LogP contribution in [0.25, 0.3) is 0 Å². The first-order valence-electron chi connectivity index (χ1n) is 8.51. The van der Waals surface area contributed by atoms with Gasteiger partial charge in [0.05, 0.1) is 0 Å². The van der Waals surface area contributed by atoms with E-state index in [1.54, 1.807) is 7.11 Å². The first kappa shape index (κ1) is 28.7. The molecule has 0 spiro atoms. The molecule has 0 aromatic carbocycles. The van der Waals surface area contributed by atoms with Crippen LogP contribution in [0.3, 0.4) is 0 Å².